The Morgan fingerprint density at radius 1 is 1.05 bits per heavy atom. The molecule has 1 fully saturated rings. The summed E-state index contributed by atoms with van der Waals surface area (Å²) in [5, 5.41) is 20.9. The van der Waals surface area contributed by atoms with Crippen LogP contribution < -0.4 is 0 Å². The Balaban J connectivity index is 1.98. The Morgan fingerprint density at radius 2 is 1.75 bits per heavy atom. The lowest BCUT2D eigenvalue weighted by Crippen LogP contribution is -2.19. The van der Waals surface area contributed by atoms with Crippen molar-refractivity contribution in [3.8, 4) is 5.75 Å². The van der Waals surface area contributed by atoms with Crippen molar-refractivity contribution in [3.05, 3.63) is 36.4 Å². The van der Waals surface area contributed by atoms with Crippen LogP contribution in [0, 0.1) is 0 Å². The third kappa shape index (κ3) is 2.51. The van der Waals surface area contributed by atoms with Crippen molar-refractivity contribution in [1.82, 2.24) is 0 Å². The Labute approximate surface area is 121 Å². The van der Waals surface area contributed by atoms with Crippen LogP contribution in [-0.4, -0.2) is 41.5 Å². The molecule has 1 aliphatic rings. The minimum absolute atomic E-state index is 0.00592. The highest BCUT2D eigenvalue weighted by Crippen LogP contribution is 2.38. The van der Waals surface area contributed by atoms with Crippen LogP contribution in [0.4, 0.5) is 0 Å². The molecule has 2 atom stereocenters. The second kappa shape index (κ2) is 4.95. The average Bonchev–Trinajstić information content (AvgIpc) is 2.66. The summed E-state index contributed by atoms with van der Waals surface area (Å²) in [6, 6.07) is 10.8. The lowest BCUT2D eigenvalue weighted by Gasteiger charge is -2.14. The van der Waals surface area contributed by atoms with Crippen molar-refractivity contribution in [1.29, 1.82) is 0 Å². The molecule has 3 rings (SSSR count). The molecule has 2 aromatic carbocycles. The first kappa shape index (κ1) is 13.7. The third-order valence-electron chi connectivity index (χ3n) is 3.41. The van der Waals surface area contributed by atoms with Crippen molar-refractivity contribution in [3.63, 3.8) is 0 Å². The van der Waals surface area contributed by atoms with Crippen LogP contribution in [0.5, 0.6) is 5.75 Å². The van der Waals surface area contributed by atoms with E-state index in [1.54, 1.807) is 12.1 Å². The summed E-state index contributed by atoms with van der Waals surface area (Å²) in [4.78, 5) is 0.875. The van der Waals surface area contributed by atoms with Crippen molar-refractivity contribution >= 4 is 32.4 Å². The maximum absolute atomic E-state index is 11.5. The molecule has 20 heavy (non-hydrogen) atoms. The van der Waals surface area contributed by atoms with Gasteiger partial charge >= 0.3 is 0 Å². The molecule has 0 saturated carbocycles. The summed E-state index contributed by atoms with van der Waals surface area (Å²) >= 11 is 1.36. The first-order valence-electron chi connectivity index (χ1n) is 6.22. The number of aliphatic hydroxyl groups excluding tert-OH is 1. The van der Waals surface area contributed by atoms with Gasteiger partial charge in [0.15, 0.2) is 9.84 Å². The number of thioether (sulfide) groups is 1. The van der Waals surface area contributed by atoms with Crippen LogP contribution in [0.2, 0.25) is 0 Å². The van der Waals surface area contributed by atoms with Gasteiger partial charge < -0.3 is 10.2 Å². The monoisotopic (exact) mass is 310 g/mol. The second-order valence-corrected chi connectivity index (χ2v) is 8.36. The maximum Gasteiger partial charge on any atom is 0.154 e. The number of phenols is 1. The number of aromatic hydroxyl groups is 1. The standard InChI is InChI=1S/C14H14O4S2/c15-11-5-6-13(10-4-2-1-3-9(10)11)19-14-8-20(17,18)7-12(14)16/h1-6,12,14-16H,7-8H2. The first-order valence-corrected chi connectivity index (χ1v) is 8.92. The number of rotatable bonds is 2. The smallest absolute Gasteiger partial charge is 0.154 e. The van der Waals surface area contributed by atoms with E-state index in [1.165, 1.54) is 11.8 Å². The average molecular weight is 310 g/mol. The molecule has 2 N–H and O–H groups in total. The van der Waals surface area contributed by atoms with Gasteiger partial charge in [0.2, 0.25) is 0 Å². The van der Waals surface area contributed by atoms with E-state index in [-0.39, 0.29) is 22.5 Å². The number of fused-ring (bicyclic) bond motifs is 1. The Morgan fingerprint density at radius 3 is 2.40 bits per heavy atom. The van der Waals surface area contributed by atoms with E-state index in [2.05, 4.69) is 0 Å². The van der Waals surface area contributed by atoms with Crippen molar-refractivity contribution in [2.75, 3.05) is 11.5 Å². The maximum atomic E-state index is 11.5. The van der Waals surface area contributed by atoms with Gasteiger partial charge in [-0.3, -0.25) is 0 Å². The third-order valence-corrected chi connectivity index (χ3v) is 6.73. The van der Waals surface area contributed by atoms with Gasteiger partial charge in [-0.2, -0.15) is 0 Å². The zero-order chi connectivity index (χ0) is 14.3. The van der Waals surface area contributed by atoms with Gasteiger partial charge in [0, 0.05) is 10.3 Å². The number of aliphatic hydroxyl groups is 1. The summed E-state index contributed by atoms with van der Waals surface area (Å²) in [6.45, 7) is 0. The summed E-state index contributed by atoms with van der Waals surface area (Å²) in [7, 11) is -3.15. The lowest BCUT2D eigenvalue weighted by atomic mass is 10.1. The van der Waals surface area contributed by atoms with Crippen LogP contribution >= 0.6 is 11.8 Å². The summed E-state index contributed by atoms with van der Waals surface area (Å²) in [6.07, 6.45) is -0.836. The second-order valence-electron chi connectivity index (χ2n) is 4.93. The molecule has 1 saturated heterocycles. The van der Waals surface area contributed by atoms with Gasteiger partial charge in [-0.15, -0.1) is 11.8 Å². The van der Waals surface area contributed by atoms with E-state index in [1.807, 2.05) is 24.3 Å². The zero-order valence-electron chi connectivity index (χ0n) is 10.6. The largest absolute Gasteiger partial charge is 0.507 e. The molecule has 0 spiro atoms. The molecule has 0 bridgehead atoms. The highest BCUT2D eigenvalue weighted by atomic mass is 32.2. The normalized spacial score (nSPS) is 25.1. The highest BCUT2D eigenvalue weighted by Gasteiger charge is 2.37. The predicted molar refractivity (Wildman–Crippen MR) is 79.9 cm³/mol. The Hall–Kier alpha value is -1.24. The summed E-state index contributed by atoms with van der Waals surface area (Å²) < 4.78 is 23.1. The molecule has 1 aliphatic heterocycles. The SMILES string of the molecule is O=S1(=O)CC(O)C(Sc2ccc(O)c3ccccc23)C1. The minimum Gasteiger partial charge on any atom is -0.507 e. The molecular weight excluding hydrogens is 296 g/mol. The van der Waals surface area contributed by atoms with Gasteiger partial charge in [0.25, 0.3) is 0 Å². The van der Waals surface area contributed by atoms with E-state index in [9.17, 15) is 18.6 Å². The van der Waals surface area contributed by atoms with Crippen LogP contribution in [-0.2, 0) is 9.84 Å². The molecule has 4 nitrogen and oxygen atoms in total. The quantitative estimate of drug-likeness (QED) is 0.884. The van der Waals surface area contributed by atoms with Crippen molar-refractivity contribution in [2.45, 2.75) is 16.2 Å². The first-order chi connectivity index (χ1) is 9.46. The molecule has 2 unspecified atom stereocenters. The predicted octanol–water partition coefficient (Wildman–Crippen LogP) is 1.80. The molecule has 0 amide bonds. The Kier molecular flexibility index (Phi) is 3.40. The molecule has 106 valence electrons. The molecule has 2 aromatic rings. The molecular formula is C14H14O4S2. The molecule has 0 aromatic heterocycles. The van der Waals surface area contributed by atoms with Gasteiger partial charge in [0.1, 0.15) is 5.75 Å². The van der Waals surface area contributed by atoms with Crippen molar-refractivity contribution in [2.24, 2.45) is 0 Å². The van der Waals surface area contributed by atoms with Gasteiger partial charge in [0.05, 0.1) is 22.9 Å². The van der Waals surface area contributed by atoms with Gasteiger partial charge in [-0.1, -0.05) is 24.3 Å². The van der Waals surface area contributed by atoms with Crippen LogP contribution in [0.15, 0.2) is 41.3 Å². The molecule has 1 heterocycles. The number of benzene rings is 2. The van der Waals surface area contributed by atoms with Gasteiger partial charge in [-0.25, -0.2) is 8.42 Å². The zero-order valence-corrected chi connectivity index (χ0v) is 12.2. The fourth-order valence-electron chi connectivity index (χ4n) is 2.43. The van der Waals surface area contributed by atoms with Crippen LogP contribution in [0.1, 0.15) is 0 Å². The van der Waals surface area contributed by atoms with Crippen LogP contribution in [0.3, 0.4) is 0 Å². The van der Waals surface area contributed by atoms with Gasteiger partial charge in [-0.05, 0) is 17.5 Å². The van der Waals surface area contributed by atoms with E-state index in [0.717, 1.165) is 15.7 Å². The number of hydrogen-bond donors (Lipinski definition) is 2. The van der Waals surface area contributed by atoms with Crippen LogP contribution in [0.25, 0.3) is 10.8 Å². The lowest BCUT2D eigenvalue weighted by molar-refractivity contribution is 0.207. The fourth-order valence-corrected chi connectivity index (χ4v) is 6.09. The number of phenolic OH excluding ortho intramolecular Hbond substituents is 1. The van der Waals surface area contributed by atoms with E-state index >= 15 is 0 Å². The highest BCUT2D eigenvalue weighted by molar-refractivity contribution is 8.02. The molecule has 6 heteroatoms. The molecule has 0 radical (unpaired) electrons. The Bertz CT molecular complexity index is 755. The fraction of sp³-hybridized carbons (Fsp3) is 0.286. The number of sulfone groups is 1. The topological polar surface area (TPSA) is 74.6 Å². The molecule has 0 aliphatic carbocycles. The summed E-state index contributed by atoms with van der Waals surface area (Å²) in [5.41, 5.74) is 0. The van der Waals surface area contributed by atoms with E-state index in [4.69, 9.17) is 0 Å². The van der Waals surface area contributed by atoms with E-state index < -0.39 is 15.9 Å². The number of hydrogen-bond acceptors (Lipinski definition) is 5. The van der Waals surface area contributed by atoms with Crippen molar-refractivity contribution < 1.29 is 18.6 Å². The minimum atomic E-state index is -3.15. The van der Waals surface area contributed by atoms with E-state index in [0.29, 0.717) is 0 Å². The summed E-state index contributed by atoms with van der Waals surface area (Å²) in [5.74, 6) is 0.0267.